The van der Waals surface area contributed by atoms with Crippen LogP contribution in [0.3, 0.4) is 0 Å². The van der Waals surface area contributed by atoms with E-state index in [0.29, 0.717) is 39.8 Å². The second-order valence-electron chi connectivity index (χ2n) is 5.01. The van der Waals surface area contributed by atoms with Gasteiger partial charge in [-0.1, -0.05) is 29.4 Å². The number of hydrogen-bond donors (Lipinski definition) is 0. The molecule has 3 aromatic rings. The maximum atomic E-state index is 12.5. The van der Waals surface area contributed by atoms with Gasteiger partial charge in [0.05, 0.1) is 18.6 Å². The molecule has 2 aromatic carbocycles. The normalized spacial score (nSPS) is 11.1. The first-order valence-corrected chi connectivity index (χ1v) is 8.46. The molecule has 5 nitrogen and oxygen atoms in total. The summed E-state index contributed by atoms with van der Waals surface area (Å²) < 4.78 is 30.3. The molecule has 0 aliphatic rings. The van der Waals surface area contributed by atoms with Crippen molar-refractivity contribution in [2.45, 2.75) is 17.2 Å². The lowest BCUT2D eigenvalue weighted by Gasteiger charge is -2.09. The second kappa shape index (κ2) is 7.79. The maximum Gasteiger partial charge on any atom is 0.289 e. The predicted molar refractivity (Wildman–Crippen MR) is 92.2 cm³/mol. The van der Waals surface area contributed by atoms with E-state index >= 15 is 0 Å². The second-order valence-corrected chi connectivity index (χ2v) is 6.48. The van der Waals surface area contributed by atoms with Crippen molar-refractivity contribution in [1.82, 2.24) is 20.2 Å². The Morgan fingerprint density at radius 1 is 1.20 bits per heavy atom. The van der Waals surface area contributed by atoms with Crippen LogP contribution in [0, 0.1) is 0 Å². The summed E-state index contributed by atoms with van der Waals surface area (Å²) in [7, 11) is 1.45. The molecular weight excluding hydrogens is 370 g/mol. The van der Waals surface area contributed by atoms with Crippen molar-refractivity contribution in [3.8, 4) is 17.1 Å². The summed E-state index contributed by atoms with van der Waals surface area (Å²) in [6.07, 6.45) is 0. The minimum atomic E-state index is -2.50. The Morgan fingerprint density at radius 3 is 2.64 bits per heavy atom. The van der Waals surface area contributed by atoms with E-state index in [2.05, 4.69) is 15.4 Å². The minimum Gasteiger partial charge on any atom is -0.496 e. The molecule has 9 heteroatoms. The first-order chi connectivity index (χ1) is 12.0. The van der Waals surface area contributed by atoms with E-state index < -0.39 is 5.76 Å². The zero-order valence-electron chi connectivity index (χ0n) is 13.1. The molecule has 1 aromatic heterocycles. The van der Waals surface area contributed by atoms with Crippen LogP contribution >= 0.6 is 23.4 Å². The number of rotatable bonds is 6. The molecule has 0 unspecified atom stereocenters. The van der Waals surface area contributed by atoms with E-state index in [4.69, 9.17) is 16.3 Å². The molecule has 25 heavy (non-hydrogen) atoms. The highest BCUT2D eigenvalue weighted by Gasteiger charge is 2.12. The van der Waals surface area contributed by atoms with Crippen molar-refractivity contribution in [2.24, 2.45) is 0 Å². The zero-order chi connectivity index (χ0) is 17.8. The summed E-state index contributed by atoms with van der Waals surface area (Å²) >= 11 is 6.31. The van der Waals surface area contributed by atoms with Gasteiger partial charge in [0.15, 0.2) is 0 Å². The number of methoxy groups -OCH3 is 1. The van der Waals surface area contributed by atoms with Crippen LogP contribution in [0.4, 0.5) is 8.78 Å². The molecule has 0 bridgehead atoms. The smallest absolute Gasteiger partial charge is 0.289 e. The SMILES string of the molecule is COc1cc(Cn2nnc(-c3ccc(Cl)cc3)n2)ccc1SC(F)F. The van der Waals surface area contributed by atoms with Gasteiger partial charge < -0.3 is 4.74 Å². The third kappa shape index (κ3) is 4.46. The molecular formula is C16H13ClF2N4OS. The molecule has 0 radical (unpaired) electrons. The van der Waals surface area contributed by atoms with E-state index in [1.54, 1.807) is 30.3 Å². The lowest BCUT2D eigenvalue weighted by atomic mass is 10.2. The van der Waals surface area contributed by atoms with Crippen molar-refractivity contribution < 1.29 is 13.5 Å². The number of thioether (sulfide) groups is 1. The Bertz CT molecular complexity index is 858. The summed E-state index contributed by atoms with van der Waals surface area (Å²) in [6, 6.07) is 12.1. The van der Waals surface area contributed by atoms with Crippen LogP contribution in [0.15, 0.2) is 47.4 Å². The molecule has 130 valence electrons. The molecule has 0 spiro atoms. The molecule has 0 aliphatic carbocycles. The maximum absolute atomic E-state index is 12.5. The van der Waals surface area contributed by atoms with Crippen LogP contribution in [-0.2, 0) is 6.54 Å². The van der Waals surface area contributed by atoms with Gasteiger partial charge in [-0.15, -0.1) is 10.2 Å². The highest BCUT2D eigenvalue weighted by molar-refractivity contribution is 7.99. The van der Waals surface area contributed by atoms with Gasteiger partial charge in [-0.3, -0.25) is 0 Å². The number of halogens is 3. The van der Waals surface area contributed by atoms with Crippen LogP contribution in [0.5, 0.6) is 5.75 Å². The molecule has 0 amide bonds. The lowest BCUT2D eigenvalue weighted by molar-refractivity contribution is 0.251. The van der Waals surface area contributed by atoms with Crippen molar-refractivity contribution >= 4 is 23.4 Å². The van der Waals surface area contributed by atoms with Crippen LogP contribution < -0.4 is 4.74 Å². The number of alkyl halides is 2. The van der Waals surface area contributed by atoms with E-state index in [9.17, 15) is 8.78 Å². The molecule has 3 rings (SSSR count). The third-order valence-corrected chi connectivity index (χ3v) is 4.34. The van der Waals surface area contributed by atoms with Crippen molar-refractivity contribution in [3.05, 3.63) is 53.1 Å². The van der Waals surface area contributed by atoms with Gasteiger partial charge in [0.1, 0.15) is 5.75 Å². The Balaban J connectivity index is 1.77. The van der Waals surface area contributed by atoms with Gasteiger partial charge in [-0.05, 0) is 47.2 Å². The summed E-state index contributed by atoms with van der Waals surface area (Å²) in [5, 5.41) is 13.0. The largest absolute Gasteiger partial charge is 0.496 e. The highest BCUT2D eigenvalue weighted by Crippen LogP contribution is 2.34. The summed E-state index contributed by atoms with van der Waals surface area (Å²) in [5.41, 5.74) is 1.62. The van der Waals surface area contributed by atoms with E-state index in [1.807, 2.05) is 12.1 Å². The number of tetrazole rings is 1. The van der Waals surface area contributed by atoms with E-state index in [1.165, 1.54) is 11.9 Å². The molecule has 0 saturated carbocycles. The Morgan fingerprint density at radius 2 is 1.96 bits per heavy atom. The topological polar surface area (TPSA) is 52.8 Å². The number of nitrogens with zero attached hydrogens (tertiary/aromatic N) is 4. The van der Waals surface area contributed by atoms with Gasteiger partial charge >= 0.3 is 0 Å². The fourth-order valence-corrected chi connectivity index (χ4v) is 2.91. The van der Waals surface area contributed by atoms with Gasteiger partial charge in [-0.25, -0.2) is 0 Å². The van der Waals surface area contributed by atoms with Gasteiger partial charge in [-0.2, -0.15) is 13.6 Å². The minimum absolute atomic E-state index is 0.344. The third-order valence-electron chi connectivity index (χ3n) is 3.32. The quantitative estimate of drug-likeness (QED) is 0.593. The Hall–Kier alpha value is -2.19. The number of aromatic nitrogens is 4. The Labute approximate surface area is 151 Å². The molecule has 0 aliphatic heterocycles. The first kappa shape index (κ1) is 17.6. The molecule has 0 atom stereocenters. The fourth-order valence-electron chi connectivity index (χ4n) is 2.19. The summed E-state index contributed by atoms with van der Waals surface area (Å²) in [4.78, 5) is 1.81. The van der Waals surface area contributed by atoms with E-state index in [-0.39, 0.29) is 0 Å². The molecule has 0 N–H and O–H groups in total. The van der Waals surface area contributed by atoms with Crippen LogP contribution in [0.1, 0.15) is 5.56 Å². The highest BCUT2D eigenvalue weighted by atomic mass is 35.5. The van der Waals surface area contributed by atoms with E-state index in [0.717, 1.165) is 11.1 Å². The monoisotopic (exact) mass is 382 g/mol. The zero-order valence-corrected chi connectivity index (χ0v) is 14.6. The van der Waals surface area contributed by atoms with Crippen molar-refractivity contribution in [3.63, 3.8) is 0 Å². The van der Waals surface area contributed by atoms with Crippen molar-refractivity contribution in [2.75, 3.05) is 7.11 Å². The number of benzene rings is 2. The molecule has 0 fully saturated rings. The molecule has 1 heterocycles. The number of ether oxygens (including phenoxy) is 1. The van der Waals surface area contributed by atoms with Gasteiger partial charge in [0, 0.05) is 10.6 Å². The van der Waals surface area contributed by atoms with Crippen LogP contribution in [0.25, 0.3) is 11.4 Å². The van der Waals surface area contributed by atoms with Crippen molar-refractivity contribution in [1.29, 1.82) is 0 Å². The van der Waals surface area contributed by atoms with Gasteiger partial charge in [0.2, 0.25) is 5.82 Å². The first-order valence-electron chi connectivity index (χ1n) is 7.20. The van der Waals surface area contributed by atoms with Crippen LogP contribution in [-0.4, -0.2) is 33.1 Å². The average Bonchev–Trinajstić information content (AvgIpc) is 3.05. The standard InChI is InChI=1S/C16H13ClF2N4OS/c1-24-13-8-10(2-7-14(13)25-16(18)19)9-23-21-15(20-22-23)11-3-5-12(17)6-4-11/h2-8,16H,9H2,1H3. The average molecular weight is 383 g/mol. The predicted octanol–water partition coefficient (Wildman–Crippen LogP) is 4.37. The lowest BCUT2D eigenvalue weighted by Crippen LogP contribution is -2.04. The number of hydrogen-bond acceptors (Lipinski definition) is 5. The Kier molecular flexibility index (Phi) is 5.50. The fraction of sp³-hybridized carbons (Fsp3) is 0.188. The van der Waals surface area contributed by atoms with Crippen LogP contribution in [0.2, 0.25) is 5.02 Å². The summed E-state index contributed by atoms with van der Waals surface area (Å²) in [5.74, 6) is -1.63. The molecule has 0 saturated heterocycles. The summed E-state index contributed by atoms with van der Waals surface area (Å²) in [6.45, 7) is 0.344. The van der Waals surface area contributed by atoms with Gasteiger partial charge in [0.25, 0.3) is 5.76 Å².